The molecule has 22 heavy (non-hydrogen) atoms. The summed E-state index contributed by atoms with van der Waals surface area (Å²) < 4.78 is 5.83. The second-order valence-electron chi connectivity index (χ2n) is 5.72. The summed E-state index contributed by atoms with van der Waals surface area (Å²) in [6.45, 7) is 4.34. The van der Waals surface area contributed by atoms with Crippen LogP contribution in [0.4, 0.5) is 5.82 Å². The summed E-state index contributed by atoms with van der Waals surface area (Å²) >= 11 is 0. The lowest BCUT2D eigenvalue weighted by atomic mass is 10.2. The van der Waals surface area contributed by atoms with Gasteiger partial charge >= 0.3 is 0 Å². The van der Waals surface area contributed by atoms with Crippen molar-refractivity contribution in [2.24, 2.45) is 0 Å². The predicted molar refractivity (Wildman–Crippen MR) is 82.5 cm³/mol. The molecule has 0 saturated carbocycles. The quantitative estimate of drug-likeness (QED) is 0.874. The molecule has 2 saturated heterocycles. The zero-order chi connectivity index (χ0) is 15.4. The Hall–Kier alpha value is -1.73. The van der Waals surface area contributed by atoms with Crippen LogP contribution in [0, 0.1) is 0 Å². The summed E-state index contributed by atoms with van der Waals surface area (Å²) in [5, 5.41) is 3.05. The van der Waals surface area contributed by atoms with Crippen LogP contribution in [0.1, 0.15) is 24.6 Å². The van der Waals surface area contributed by atoms with Gasteiger partial charge in [0.1, 0.15) is 17.6 Å². The van der Waals surface area contributed by atoms with Crippen LogP contribution in [0.15, 0.2) is 12.4 Å². The molecule has 3 heterocycles. The Morgan fingerprint density at radius 2 is 2.09 bits per heavy atom. The lowest BCUT2D eigenvalue weighted by Gasteiger charge is -2.33. The predicted octanol–water partition coefficient (Wildman–Crippen LogP) is 0.514. The number of morpholine rings is 1. The van der Waals surface area contributed by atoms with E-state index < -0.39 is 0 Å². The molecule has 2 aliphatic heterocycles. The van der Waals surface area contributed by atoms with Crippen molar-refractivity contribution < 1.29 is 9.53 Å². The van der Waals surface area contributed by atoms with Crippen molar-refractivity contribution >= 4 is 11.7 Å². The number of ether oxygens (including phenoxy) is 1. The van der Waals surface area contributed by atoms with Crippen molar-refractivity contribution in [1.82, 2.24) is 19.8 Å². The standard InChI is InChI=1S/C15H23N5O2/c1-16-15-14(17-4-5-18-15)12-10-19(8-9-22-12)11-13(21)20-6-2-3-7-20/h4-5,12H,2-3,6-11H2,1H3,(H,16,18)/t12-/m0/s1. The Labute approximate surface area is 130 Å². The van der Waals surface area contributed by atoms with Crippen molar-refractivity contribution in [1.29, 1.82) is 0 Å². The summed E-state index contributed by atoms with van der Waals surface area (Å²) in [6.07, 6.45) is 5.45. The fraction of sp³-hybridized carbons (Fsp3) is 0.667. The topological polar surface area (TPSA) is 70.6 Å². The van der Waals surface area contributed by atoms with Crippen molar-refractivity contribution in [2.75, 3.05) is 51.7 Å². The van der Waals surface area contributed by atoms with Gasteiger partial charge in [0.25, 0.3) is 0 Å². The Bertz CT molecular complexity index is 518. The highest BCUT2D eigenvalue weighted by Crippen LogP contribution is 2.25. The van der Waals surface area contributed by atoms with Crippen LogP contribution in [0.5, 0.6) is 0 Å². The number of nitrogens with one attached hydrogen (secondary N) is 1. The first kappa shape index (κ1) is 15.2. The van der Waals surface area contributed by atoms with E-state index in [-0.39, 0.29) is 12.0 Å². The van der Waals surface area contributed by atoms with E-state index in [0.29, 0.717) is 19.7 Å². The summed E-state index contributed by atoms with van der Waals surface area (Å²) in [6, 6.07) is 0. The first-order valence-corrected chi connectivity index (χ1v) is 7.88. The molecule has 1 amide bonds. The van der Waals surface area contributed by atoms with E-state index in [0.717, 1.165) is 44.0 Å². The van der Waals surface area contributed by atoms with Crippen LogP contribution < -0.4 is 5.32 Å². The van der Waals surface area contributed by atoms with E-state index in [2.05, 4.69) is 20.2 Å². The summed E-state index contributed by atoms with van der Waals surface area (Å²) in [5.41, 5.74) is 0.809. The van der Waals surface area contributed by atoms with Gasteiger partial charge in [-0.25, -0.2) is 4.98 Å². The van der Waals surface area contributed by atoms with Gasteiger partial charge in [0.05, 0.1) is 13.2 Å². The van der Waals surface area contributed by atoms with E-state index >= 15 is 0 Å². The lowest BCUT2D eigenvalue weighted by molar-refractivity contribution is -0.133. The smallest absolute Gasteiger partial charge is 0.236 e. The monoisotopic (exact) mass is 305 g/mol. The van der Waals surface area contributed by atoms with E-state index in [1.165, 1.54) is 0 Å². The molecule has 0 radical (unpaired) electrons. The Morgan fingerprint density at radius 3 is 2.86 bits per heavy atom. The first-order chi connectivity index (χ1) is 10.8. The van der Waals surface area contributed by atoms with Gasteiger partial charge in [-0.2, -0.15) is 0 Å². The maximum Gasteiger partial charge on any atom is 0.236 e. The molecule has 1 atom stereocenters. The third kappa shape index (κ3) is 3.36. The zero-order valence-corrected chi connectivity index (χ0v) is 13.0. The van der Waals surface area contributed by atoms with E-state index in [9.17, 15) is 4.79 Å². The maximum atomic E-state index is 12.3. The molecule has 7 nitrogen and oxygen atoms in total. The summed E-state index contributed by atoms with van der Waals surface area (Å²) in [7, 11) is 1.82. The molecule has 0 bridgehead atoms. The molecule has 7 heteroatoms. The Balaban J connectivity index is 1.62. The molecule has 120 valence electrons. The molecule has 0 spiro atoms. The largest absolute Gasteiger partial charge is 0.372 e. The first-order valence-electron chi connectivity index (χ1n) is 7.88. The number of rotatable bonds is 4. The second-order valence-corrected chi connectivity index (χ2v) is 5.72. The average molecular weight is 305 g/mol. The summed E-state index contributed by atoms with van der Waals surface area (Å²) in [4.78, 5) is 25.1. The SMILES string of the molecule is CNc1nccnc1[C@@H]1CN(CC(=O)N2CCCC2)CCO1. The number of hydrogen-bond acceptors (Lipinski definition) is 6. The zero-order valence-electron chi connectivity index (χ0n) is 13.0. The van der Waals surface area contributed by atoms with Crippen LogP contribution in [-0.4, -0.2) is 72.1 Å². The molecule has 1 N–H and O–H groups in total. The number of amides is 1. The van der Waals surface area contributed by atoms with Gasteiger partial charge in [0.2, 0.25) is 5.91 Å². The molecule has 0 unspecified atom stereocenters. The maximum absolute atomic E-state index is 12.3. The van der Waals surface area contributed by atoms with E-state index in [1.807, 2.05) is 11.9 Å². The molecule has 1 aromatic rings. The van der Waals surface area contributed by atoms with Crippen molar-refractivity contribution in [3.8, 4) is 0 Å². The van der Waals surface area contributed by atoms with Crippen LogP contribution in [0.3, 0.4) is 0 Å². The minimum Gasteiger partial charge on any atom is -0.372 e. The molecular formula is C15H23N5O2. The van der Waals surface area contributed by atoms with Crippen LogP contribution in [0.25, 0.3) is 0 Å². The van der Waals surface area contributed by atoms with Gasteiger partial charge < -0.3 is 15.0 Å². The van der Waals surface area contributed by atoms with Crippen LogP contribution >= 0.6 is 0 Å². The van der Waals surface area contributed by atoms with Gasteiger partial charge in [-0.05, 0) is 12.8 Å². The Morgan fingerprint density at radius 1 is 1.32 bits per heavy atom. The molecule has 1 aromatic heterocycles. The van der Waals surface area contributed by atoms with Crippen molar-refractivity contribution in [2.45, 2.75) is 18.9 Å². The third-order valence-corrected chi connectivity index (χ3v) is 4.24. The fourth-order valence-corrected chi connectivity index (χ4v) is 3.05. The molecule has 2 fully saturated rings. The number of anilines is 1. The molecule has 0 aromatic carbocycles. The van der Waals surface area contributed by atoms with Gasteiger partial charge in [-0.15, -0.1) is 0 Å². The highest BCUT2D eigenvalue weighted by Gasteiger charge is 2.28. The third-order valence-electron chi connectivity index (χ3n) is 4.24. The van der Waals surface area contributed by atoms with Gasteiger partial charge in [0.15, 0.2) is 0 Å². The minimum absolute atomic E-state index is 0.142. The highest BCUT2D eigenvalue weighted by molar-refractivity contribution is 5.78. The lowest BCUT2D eigenvalue weighted by Crippen LogP contribution is -2.45. The minimum atomic E-state index is -0.142. The van der Waals surface area contributed by atoms with Gasteiger partial charge in [0, 0.05) is 45.6 Å². The normalized spacial score (nSPS) is 22.8. The number of nitrogens with zero attached hydrogens (tertiary/aromatic N) is 4. The van der Waals surface area contributed by atoms with Crippen molar-refractivity contribution in [3.05, 3.63) is 18.1 Å². The number of carbonyl (C=O) groups excluding carboxylic acids is 1. The number of hydrogen-bond donors (Lipinski definition) is 1. The average Bonchev–Trinajstić information content (AvgIpc) is 3.10. The number of carbonyl (C=O) groups is 1. The molecular weight excluding hydrogens is 282 g/mol. The van der Waals surface area contributed by atoms with E-state index in [4.69, 9.17) is 4.74 Å². The highest BCUT2D eigenvalue weighted by atomic mass is 16.5. The van der Waals surface area contributed by atoms with Crippen LogP contribution in [0.2, 0.25) is 0 Å². The molecule has 0 aliphatic carbocycles. The van der Waals surface area contributed by atoms with Crippen molar-refractivity contribution in [3.63, 3.8) is 0 Å². The second kappa shape index (κ2) is 7.02. The number of likely N-dealkylation sites (tertiary alicyclic amines) is 1. The number of aromatic nitrogens is 2. The molecule has 2 aliphatic rings. The Kier molecular flexibility index (Phi) is 4.84. The van der Waals surface area contributed by atoms with Gasteiger partial charge in [-0.3, -0.25) is 14.7 Å². The van der Waals surface area contributed by atoms with Gasteiger partial charge in [-0.1, -0.05) is 0 Å². The van der Waals surface area contributed by atoms with E-state index in [1.54, 1.807) is 12.4 Å². The fourth-order valence-electron chi connectivity index (χ4n) is 3.05. The summed E-state index contributed by atoms with van der Waals surface area (Å²) in [5.74, 6) is 0.964. The van der Waals surface area contributed by atoms with Crippen LogP contribution in [-0.2, 0) is 9.53 Å². The molecule has 3 rings (SSSR count).